The van der Waals surface area contributed by atoms with Crippen LogP contribution in [0.3, 0.4) is 0 Å². The number of nitrogens with one attached hydrogen (secondary N) is 1. The van der Waals surface area contributed by atoms with E-state index < -0.39 is 5.95 Å². The SMILES string of the molecule is CCCCCNc1cccc(F)n1. The van der Waals surface area contributed by atoms with Crippen molar-refractivity contribution >= 4 is 5.82 Å². The average molecular weight is 182 g/mol. The molecule has 0 aromatic carbocycles. The summed E-state index contributed by atoms with van der Waals surface area (Å²) in [5.41, 5.74) is 0. The molecular formula is C10H15FN2. The van der Waals surface area contributed by atoms with Crippen molar-refractivity contribution < 1.29 is 4.39 Å². The van der Waals surface area contributed by atoms with Crippen molar-refractivity contribution in [1.82, 2.24) is 4.98 Å². The molecule has 72 valence electrons. The van der Waals surface area contributed by atoms with E-state index in [4.69, 9.17) is 0 Å². The molecule has 0 saturated carbocycles. The van der Waals surface area contributed by atoms with Crippen LogP contribution in [0.4, 0.5) is 10.2 Å². The van der Waals surface area contributed by atoms with E-state index in [1.54, 1.807) is 12.1 Å². The van der Waals surface area contributed by atoms with E-state index in [0.717, 1.165) is 13.0 Å². The molecule has 1 rings (SSSR count). The van der Waals surface area contributed by atoms with Crippen molar-refractivity contribution in [1.29, 1.82) is 0 Å². The van der Waals surface area contributed by atoms with Crippen LogP contribution in [0.2, 0.25) is 0 Å². The molecule has 0 spiro atoms. The van der Waals surface area contributed by atoms with Gasteiger partial charge in [0.1, 0.15) is 5.82 Å². The first-order chi connectivity index (χ1) is 6.33. The standard InChI is InChI=1S/C10H15FN2/c1-2-3-4-8-12-10-7-5-6-9(11)13-10/h5-7H,2-4,8H2,1H3,(H,12,13). The van der Waals surface area contributed by atoms with Gasteiger partial charge in [0.2, 0.25) is 5.95 Å². The van der Waals surface area contributed by atoms with Crippen molar-refractivity contribution in [3.63, 3.8) is 0 Å². The molecule has 0 aliphatic heterocycles. The Morgan fingerprint density at radius 2 is 2.23 bits per heavy atom. The second-order valence-electron chi connectivity index (χ2n) is 2.98. The van der Waals surface area contributed by atoms with Gasteiger partial charge in [0.15, 0.2) is 0 Å². The van der Waals surface area contributed by atoms with Crippen LogP contribution in [0, 0.1) is 5.95 Å². The number of hydrogen-bond acceptors (Lipinski definition) is 2. The maximum atomic E-state index is 12.6. The first-order valence-electron chi connectivity index (χ1n) is 4.69. The molecule has 0 aliphatic carbocycles. The molecule has 0 amide bonds. The summed E-state index contributed by atoms with van der Waals surface area (Å²) in [5.74, 6) is 0.191. The summed E-state index contributed by atoms with van der Waals surface area (Å²) in [6.45, 7) is 3.02. The highest BCUT2D eigenvalue weighted by atomic mass is 19.1. The third-order valence-electron chi connectivity index (χ3n) is 1.80. The van der Waals surface area contributed by atoms with Gasteiger partial charge in [0, 0.05) is 6.54 Å². The summed E-state index contributed by atoms with van der Waals surface area (Å²) < 4.78 is 12.6. The van der Waals surface area contributed by atoms with Crippen LogP contribution < -0.4 is 5.32 Å². The van der Waals surface area contributed by atoms with Crippen molar-refractivity contribution in [2.24, 2.45) is 0 Å². The molecule has 13 heavy (non-hydrogen) atoms. The highest BCUT2D eigenvalue weighted by Gasteiger charge is 1.94. The highest BCUT2D eigenvalue weighted by Crippen LogP contribution is 2.03. The zero-order valence-corrected chi connectivity index (χ0v) is 7.89. The van der Waals surface area contributed by atoms with Crippen molar-refractivity contribution in [2.75, 3.05) is 11.9 Å². The number of nitrogens with zero attached hydrogens (tertiary/aromatic N) is 1. The van der Waals surface area contributed by atoms with Gasteiger partial charge in [0.25, 0.3) is 0 Å². The number of rotatable bonds is 5. The molecule has 0 atom stereocenters. The Morgan fingerprint density at radius 1 is 1.38 bits per heavy atom. The maximum absolute atomic E-state index is 12.6. The Kier molecular flexibility index (Phi) is 4.23. The molecule has 0 unspecified atom stereocenters. The van der Waals surface area contributed by atoms with Crippen molar-refractivity contribution in [3.8, 4) is 0 Å². The lowest BCUT2D eigenvalue weighted by Crippen LogP contribution is -2.03. The van der Waals surface area contributed by atoms with Crippen LogP contribution in [-0.4, -0.2) is 11.5 Å². The van der Waals surface area contributed by atoms with E-state index in [1.165, 1.54) is 18.9 Å². The monoisotopic (exact) mass is 182 g/mol. The van der Waals surface area contributed by atoms with Crippen LogP contribution >= 0.6 is 0 Å². The van der Waals surface area contributed by atoms with E-state index in [0.29, 0.717) is 5.82 Å². The Bertz CT molecular complexity index is 250. The summed E-state index contributed by atoms with van der Waals surface area (Å²) in [7, 11) is 0. The van der Waals surface area contributed by atoms with E-state index in [2.05, 4.69) is 17.2 Å². The largest absolute Gasteiger partial charge is 0.370 e. The van der Waals surface area contributed by atoms with Gasteiger partial charge in [0.05, 0.1) is 0 Å². The van der Waals surface area contributed by atoms with E-state index >= 15 is 0 Å². The molecule has 0 radical (unpaired) electrons. The minimum atomic E-state index is -0.430. The number of pyridine rings is 1. The zero-order chi connectivity index (χ0) is 9.52. The molecule has 0 aliphatic rings. The quantitative estimate of drug-likeness (QED) is 0.559. The van der Waals surface area contributed by atoms with E-state index in [9.17, 15) is 4.39 Å². The summed E-state index contributed by atoms with van der Waals surface area (Å²) in [6, 6.07) is 4.77. The molecule has 2 nitrogen and oxygen atoms in total. The molecular weight excluding hydrogens is 167 g/mol. The number of unbranched alkanes of at least 4 members (excludes halogenated alkanes) is 2. The Labute approximate surface area is 78.2 Å². The van der Waals surface area contributed by atoms with Gasteiger partial charge in [-0.05, 0) is 18.6 Å². The average Bonchev–Trinajstić information content (AvgIpc) is 2.13. The third-order valence-corrected chi connectivity index (χ3v) is 1.80. The van der Waals surface area contributed by atoms with Gasteiger partial charge in [-0.25, -0.2) is 4.98 Å². The number of anilines is 1. The number of aromatic nitrogens is 1. The first-order valence-corrected chi connectivity index (χ1v) is 4.69. The molecule has 0 fully saturated rings. The summed E-state index contributed by atoms with van der Waals surface area (Å²) in [4.78, 5) is 3.69. The topological polar surface area (TPSA) is 24.9 Å². The minimum Gasteiger partial charge on any atom is -0.370 e. The molecule has 1 heterocycles. The highest BCUT2D eigenvalue weighted by molar-refractivity contribution is 5.33. The molecule has 0 saturated heterocycles. The lowest BCUT2D eigenvalue weighted by molar-refractivity contribution is 0.584. The van der Waals surface area contributed by atoms with Gasteiger partial charge < -0.3 is 5.32 Å². The summed E-state index contributed by atoms with van der Waals surface area (Å²) in [5, 5.41) is 3.07. The lowest BCUT2D eigenvalue weighted by atomic mass is 10.2. The Hall–Kier alpha value is -1.12. The fraction of sp³-hybridized carbons (Fsp3) is 0.500. The Balaban J connectivity index is 2.28. The van der Waals surface area contributed by atoms with Gasteiger partial charge >= 0.3 is 0 Å². The number of hydrogen-bond donors (Lipinski definition) is 1. The van der Waals surface area contributed by atoms with Crippen molar-refractivity contribution in [2.45, 2.75) is 26.2 Å². The normalized spacial score (nSPS) is 10.0. The fourth-order valence-electron chi connectivity index (χ4n) is 1.10. The van der Waals surface area contributed by atoms with Gasteiger partial charge in [-0.2, -0.15) is 4.39 Å². The van der Waals surface area contributed by atoms with E-state index in [-0.39, 0.29) is 0 Å². The summed E-state index contributed by atoms with van der Waals surface area (Å²) >= 11 is 0. The zero-order valence-electron chi connectivity index (χ0n) is 7.89. The van der Waals surface area contributed by atoms with Crippen LogP contribution in [0.25, 0.3) is 0 Å². The molecule has 1 N–H and O–H groups in total. The lowest BCUT2D eigenvalue weighted by Gasteiger charge is -2.03. The predicted molar refractivity (Wildman–Crippen MR) is 52.2 cm³/mol. The smallest absolute Gasteiger partial charge is 0.214 e. The summed E-state index contributed by atoms with van der Waals surface area (Å²) in [6.07, 6.45) is 3.50. The fourth-order valence-corrected chi connectivity index (χ4v) is 1.10. The van der Waals surface area contributed by atoms with Crippen LogP contribution in [0.15, 0.2) is 18.2 Å². The van der Waals surface area contributed by atoms with Crippen LogP contribution in [-0.2, 0) is 0 Å². The molecule has 0 bridgehead atoms. The van der Waals surface area contributed by atoms with Gasteiger partial charge in [-0.15, -0.1) is 0 Å². The molecule has 1 aromatic heterocycles. The predicted octanol–water partition coefficient (Wildman–Crippen LogP) is 2.82. The minimum absolute atomic E-state index is 0.430. The molecule has 3 heteroatoms. The van der Waals surface area contributed by atoms with Crippen LogP contribution in [0.1, 0.15) is 26.2 Å². The van der Waals surface area contributed by atoms with Gasteiger partial charge in [-0.1, -0.05) is 25.8 Å². The van der Waals surface area contributed by atoms with E-state index in [1.807, 2.05) is 0 Å². The second kappa shape index (κ2) is 5.51. The number of halogens is 1. The van der Waals surface area contributed by atoms with Gasteiger partial charge in [-0.3, -0.25) is 0 Å². The first kappa shape index (κ1) is 9.96. The Morgan fingerprint density at radius 3 is 2.92 bits per heavy atom. The maximum Gasteiger partial charge on any atom is 0.214 e. The van der Waals surface area contributed by atoms with Crippen molar-refractivity contribution in [3.05, 3.63) is 24.1 Å². The third kappa shape index (κ3) is 3.87. The van der Waals surface area contributed by atoms with Crippen LogP contribution in [0.5, 0.6) is 0 Å². The molecule has 1 aromatic rings. The second-order valence-corrected chi connectivity index (χ2v) is 2.98.